The molecule has 0 aliphatic rings. The lowest BCUT2D eigenvalue weighted by atomic mass is 10.1. The van der Waals surface area contributed by atoms with Gasteiger partial charge >= 0.3 is 0 Å². The van der Waals surface area contributed by atoms with Crippen LogP contribution in [0.15, 0.2) is 30.3 Å². The lowest BCUT2D eigenvalue weighted by Gasteiger charge is -2.00. The van der Waals surface area contributed by atoms with E-state index in [4.69, 9.17) is 4.74 Å². The summed E-state index contributed by atoms with van der Waals surface area (Å²) in [5.74, 6) is 0. The number of ether oxygens (including phenoxy) is 1. The Balaban J connectivity index is 0.000000921. The van der Waals surface area contributed by atoms with E-state index in [0.717, 1.165) is 6.61 Å². The van der Waals surface area contributed by atoms with Gasteiger partial charge in [-0.25, -0.2) is 0 Å². The van der Waals surface area contributed by atoms with Crippen LogP contribution in [0.2, 0.25) is 0 Å². The maximum absolute atomic E-state index is 4.99. The van der Waals surface area contributed by atoms with Crippen LogP contribution in [0.3, 0.4) is 0 Å². The van der Waals surface area contributed by atoms with E-state index >= 15 is 0 Å². The van der Waals surface area contributed by atoms with Gasteiger partial charge in [0.05, 0.1) is 0 Å². The zero-order chi connectivity index (χ0) is 11.4. The molecule has 0 atom stereocenters. The standard InChI is InChI=1S/C12H18O.C2H6/c1-13-11-7-3-6-10-12-8-4-2-5-9-12;1-2/h2,4-5,8-9H,3,6-7,10-11H2,1H3;1-2H3. The third-order valence-corrected chi connectivity index (χ3v) is 2.16. The zero-order valence-electron chi connectivity index (χ0n) is 10.3. The highest BCUT2D eigenvalue weighted by atomic mass is 16.5. The van der Waals surface area contributed by atoms with Crippen LogP contribution in [0.5, 0.6) is 0 Å². The molecule has 86 valence electrons. The molecule has 0 radical (unpaired) electrons. The summed E-state index contributed by atoms with van der Waals surface area (Å²) >= 11 is 0. The van der Waals surface area contributed by atoms with Gasteiger partial charge in [0.1, 0.15) is 0 Å². The molecule has 0 unspecified atom stereocenters. The lowest BCUT2D eigenvalue weighted by molar-refractivity contribution is 0.192. The molecule has 0 aliphatic carbocycles. The maximum atomic E-state index is 4.99. The van der Waals surface area contributed by atoms with Crippen LogP contribution in [-0.4, -0.2) is 13.7 Å². The summed E-state index contributed by atoms with van der Waals surface area (Å²) in [5.41, 5.74) is 1.44. The molecule has 1 rings (SSSR count). The van der Waals surface area contributed by atoms with Gasteiger partial charge in [0.15, 0.2) is 0 Å². The summed E-state index contributed by atoms with van der Waals surface area (Å²) in [7, 11) is 1.76. The Morgan fingerprint density at radius 1 is 0.933 bits per heavy atom. The van der Waals surface area contributed by atoms with E-state index in [0.29, 0.717) is 0 Å². The summed E-state index contributed by atoms with van der Waals surface area (Å²) in [5, 5.41) is 0. The van der Waals surface area contributed by atoms with Crippen LogP contribution < -0.4 is 0 Å². The molecule has 1 heteroatoms. The van der Waals surface area contributed by atoms with Gasteiger partial charge in [-0.15, -0.1) is 0 Å². The molecule has 0 heterocycles. The van der Waals surface area contributed by atoms with Crippen molar-refractivity contribution >= 4 is 0 Å². The number of rotatable bonds is 6. The van der Waals surface area contributed by atoms with Gasteiger partial charge in [-0.2, -0.15) is 0 Å². The van der Waals surface area contributed by atoms with Gasteiger partial charge in [0.2, 0.25) is 0 Å². The van der Waals surface area contributed by atoms with Gasteiger partial charge in [0.25, 0.3) is 0 Å². The first-order valence-corrected chi connectivity index (χ1v) is 5.96. The van der Waals surface area contributed by atoms with Crippen LogP contribution in [0.1, 0.15) is 38.7 Å². The van der Waals surface area contributed by atoms with Gasteiger partial charge in [0, 0.05) is 13.7 Å². The molecule has 15 heavy (non-hydrogen) atoms. The van der Waals surface area contributed by atoms with E-state index in [1.54, 1.807) is 7.11 Å². The maximum Gasteiger partial charge on any atom is 0.0462 e. The van der Waals surface area contributed by atoms with Crippen molar-refractivity contribution in [1.29, 1.82) is 0 Å². The molecular formula is C14H24O. The monoisotopic (exact) mass is 208 g/mol. The summed E-state index contributed by atoms with van der Waals surface area (Å²) in [4.78, 5) is 0. The van der Waals surface area contributed by atoms with Crippen molar-refractivity contribution in [3.63, 3.8) is 0 Å². The number of benzene rings is 1. The minimum Gasteiger partial charge on any atom is -0.385 e. The second kappa shape index (κ2) is 11.3. The Kier molecular flexibility index (Phi) is 10.6. The third kappa shape index (κ3) is 8.19. The first-order valence-electron chi connectivity index (χ1n) is 5.96. The third-order valence-electron chi connectivity index (χ3n) is 2.16. The Bertz CT molecular complexity index is 206. The summed E-state index contributed by atoms with van der Waals surface area (Å²) in [6.07, 6.45) is 4.92. The molecule has 1 nitrogen and oxygen atoms in total. The van der Waals surface area contributed by atoms with Gasteiger partial charge in [-0.1, -0.05) is 50.6 Å². The normalized spacial score (nSPS) is 9.27. The Morgan fingerprint density at radius 3 is 2.20 bits per heavy atom. The molecule has 0 aliphatic heterocycles. The molecule has 0 amide bonds. The van der Waals surface area contributed by atoms with Crippen LogP contribution in [0.25, 0.3) is 0 Å². The highest BCUT2D eigenvalue weighted by Crippen LogP contribution is 2.05. The van der Waals surface area contributed by atoms with E-state index < -0.39 is 0 Å². The molecule has 0 N–H and O–H groups in total. The lowest BCUT2D eigenvalue weighted by Crippen LogP contribution is -1.90. The summed E-state index contributed by atoms with van der Waals surface area (Å²) in [6.45, 7) is 4.90. The fourth-order valence-electron chi connectivity index (χ4n) is 1.40. The second-order valence-corrected chi connectivity index (χ2v) is 3.29. The average molecular weight is 208 g/mol. The largest absolute Gasteiger partial charge is 0.385 e. The molecule has 0 spiro atoms. The highest BCUT2D eigenvalue weighted by molar-refractivity contribution is 5.14. The smallest absolute Gasteiger partial charge is 0.0462 e. The van der Waals surface area contributed by atoms with Crippen molar-refractivity contribution in [2.24, 2.45) is 0 Å². The SMILES string of the molecule is CC.COCCCCCc1ccccc1. The van der Waals surface area contributed by atoms with Crippen LogP contribution in [0, 0.1) is 0 Å². The summed E-state index contributed by atoms with van der Waals surface area (Å²) < 4.78 is 4.99. The van der Waals surface area contributed by atoms with Crippen molar-refractivity contribution in [1.82, 2.24) is 0 Å². The van der Waals surface area contributed by atoms with E-state index in [1.165, 1.54) is 31.2 Å². The topological polar surface area (TPSA) is 9.23 Å². The number of aryl methyl sites for hydroxylation is 1. The van der Waals surface area contributed by atoms with Gasteiger partial charge in [-0.05, 0) is 24.8 Å². The number of unbranched alkanes of at least 4 members (excludes halogenated alkanes) is 2. The molecule has 1 aromatic rings. The van der Waals surface area contributed by atoms with Crippen molar-refractivity contribution < 1.29 is 4.74 Å². The van der Waals surface area contributed by atoms with E-state index in [-0.39, 0.29) is 0 Å². The molecular weight excluding hydrogens is 184 g/mol. The van der Waals surface area contributed by atoms with Crippen molar-refractivity contribution in [2.75, 3.05) is 13.7 Å². The van der Waals surface area contributed by atoms with Crippen molar-refractivity contribution in [3.8, 4) is 0 Å². The van der Waals surface area contributed by atoms with E-state index in [1.807, 2.05) is 13.8 Å². The van der Waals surface area contributed by atoms with Crippen LogP contribution >= 0.6 is 0 Å². The Hall–Kier alpha value is -0.820. The fraction of sp³-hybridized carbons (Fsp3) is 0.571. The number of methoxy groups -OCH3 is 1. The van der Waals surface area contributed by atoms with E-state index in [2.05, 4.69) is 30.3 Å². The average Bonchev–Trinajstić information content (AvgIpc) is 2.33. The number of hydrogen-bond acceptors (Lipinski definition) is 1. The molecule has 0 fully saturated rings. The van der Waals surface area contributed by atoms with Crippen molar-refractivity contribution in [3.05, 3.63) is 35.9 Å². The quantitative estimate of drug-likeness (QED) is 0.640. The van der Waals surface area contributed by atoms with Crippen LogP contribution in [-0.2, 0) is 11.2 Å². The zero-order valence-corrected chi connectivity index (χ0v) is 10.3. The van der Waals surface area contributed by atoms with Gasteiger partial charge in [-0.3, -0.25) is 0 Å². The van der Waals surface area contributed by atoms with E-state index in [9.17, 15) is 0 Å². The summed E-state index contributed by atoms with van der Waals surface area (Å²) in [6, 6.07) is 10.6. The van der Waals surface area contributed by atoms with Crippen LogP contribution in [0.4, 0.5) is 0 Å². The predicted molar refractivity (Wildman–Crippen MR) is 67.2 cm³/mol. The van der Waals surface area contributed by atoms with Gasteiger partial charge < -0.3 is 4.74 Å². The highest BCUT2D eigenvalue weighted by Gasteiger charge is 1.91. The molecule has 0 saturated carbocycles. The molecule has 0 bridgehead atoms. The minimum absolute atomic E-state index is 0.898. The minimum atomic E-state index is 0.898. The van der Waals surface area contributed by atoms with Crippen molar-refractivity contribution in [2.45, 2.75) is 39.5 Å². The predicted octanol–water partition coefficient (Wildman–Crippen LogP) is 4.07. The molecule has 0 saturated heterocycles. The first kappa shape index (κ1) is 14.2. The second-order valence-electron chi connectivity index (χ2n) is 3.29. The Morgan fingerprint density at radius 2 is 1.60 bits per heavy atom. The molecule has 0 aromatic heterocycles. The number of hydrogen-bond donors (Lipinski definition) is 0. The Labute approximate surface area is 94.5 Å². The first-order chi connectivity index (χ1) is 7.43. The fourth-order valence-corrected chi connectivity index (χ4v) is 1.40. The molecule has 1 aromatic carbocycles.